The van der Waals surface area contributed by atoms with Crippen molar-refractivity contribution in [2.45, 2.75) is 52.4 Å². The van der Waals surface area contributed by atoms with E-state index < -0.39 is 0 Å². The fourth-order valence-corrected chi connectivity index (χ4v) is 2.83. The van der Waals surface area contributed by atoms with E-state index in [0.717, 1.165) is 24.3 Å². The zero-order valence-electron chi connectivity index (χ0n) is 14.2. The van der Waals surface area contributed by atoms with Crippen molar-refractivity contribution < 1.29 is 9.05 Å². The van der Waals surface area contributed by atoms with Gasteiger partial charge >= 0.3 is 0 Å². The number of rotatable bonds is 10. The van der Waals surface area contributed by atoms with Gasteiger partial charge in [0.25, 0.3) is 9.03 Å². The van der Waals surface area contributed by atoms with Gasteiger partial charge < -0.3 is 9.05 Å². The van der Waals surface area contributed by atoms with Gasteiger partial charge in [0.1, 0.15) is 11.5 Å². The molecule has 0 atom stereocenters. The molecule has 0 spiro atoms. The molecule has 2 rings (SSSR count). The predicted molar refractivity (Wildman–Crippen MR) is 99.7 cm³/mol. The minimum atomic E-state index is -0.0174. The van der Waals surface area contributed by atoms with Crippen LogP contribution in [0.1, 0.15) is 50.7 Å². The molecule has 2 nitrogen and oxygen atoms in total. The van der Waals surface area contributed by atoms with Crippen molar-refractivity contribution in [3.63, 3.8) is 0 Å². The summed E-state index contributed by atoms with van der Waals surface area (Å²) in [6.07, 6.45) is 7.20. The Morgan fingerprint density at radius 2 is 1.04 bits per heavy atom. The Bertz CT molecular complexity index is 497. The van der Waals surface area contributed by atoms with Crippen LogP contribution < -0.4 is 9.05 Å². The van der Waals surface area contributed by atoms with Crippen molar-refractivity contribution in [3.8, 4) is 11.5 Å². The third-order valence-corrected chi connectivity index (χ3v) is 4.44. The molecule has 0 fully saturated rings. The molecule has 0 aliphatic carbocycles. The minimum Gasteiger partial charge on any atom is -0.441 e. The van der Waals surface area contributed by atoms with Gasteiger partial charge in [-0.15, -0.1) is 0 Å². The number of unbranched alkanes of at least 4 members (excludes halogenated alkanes) is 2. The summed E-state index contributed by atoms with van der Waals surface area (Å²) < 4.78 is 11.3. The monoisotopic (exact) mass is 330 g/mol. The average molecular weight is 330 g/mol. The molecule has 0 bridgehead atoms. The maximum Gasteiger partial charge on any atom is 0.275 e. The number of benzene rings is 2. The largest absolute Gasteiger partial charge is 0.441 e. The van der Waals surface area contributed by atoms with Crippen molar-refractivity contribution in [2.24, 2.45) is 0 Å². The molecule has 2 aromatic rings. The normalized spacial score (nSPS) is 10.5. The number of hydrogen-bond acceptors (Lipinski definition) is 2. The lowest BCUT2D eigenvalue weighted by Gasteiger charge is -2.08. The summed E-state index contributed by atoms with van der Waals surface area (Å²) >= 11 is 0. The van der Waals surface area contributed by atoms with Gasteiger partial charge in [-0.3, -0.25) is 0 Å². The first kappa shape index (κ1) is 17.8. The first-order valence-corrected chi connectivity index (χ1v) is 9.40. The van der Waals surface area contributed by atoms with Crippen LogP contribution in [0.15, 0.2) is 48.5 Å². The third-order valence-electron chi connectivity index (χ3n) is 3.80. The summed E-state index contributed by atoms with van der Waals surface area (Å²) in [7, 11) is -0.0174. The van der Waals surface area contributed by atoms with Gasteiger partial charge in [-0.25, -0.2) is 0 Å². The zero-order valence-corrected chi connectivity index (χ0v) is 15.2. The maximum absolute atomic E-state index is 5.67. The lowest BCUT2D eigenvalue weighted by Crippen LogP contribution is -1.88. The summed E-state index contributed by atoms with van der Waals surface area (Å²) in [4.78, 5) is 0. The second-order valence-corrected chi connectivity index (χ2v) is 6.36. The van der Waals surface area contributed by atoms with E-state index in [1.807, 2.05) is 24.3 Å². The molecule has 0 saturated carbocycles. The van der Waals surface area contributed by atoms with Crippen LogP contribution in [0.4, 0.5) is 0 Å². The lowest BCUT2D eigenvalue weighted by atomic mass is 10.1. The lowest BCUT2D eigenvalue weighted by molar-refractivity contribution is 0.515. The first-order valence-electron chi connectivity index (χ1n) is 8.58. The highest BCUT2D eigenvalue weighted by Gasteiger charge is 1.99. The van der Waals surface area contributed by atoms with Crippen molar-refractivity contribution in [3.05, 3.63) is 59.7 Å². The summed E-state index contributed by atoms with van der Waals surface area (Å²) in [5.74, 6) is 1.73. The van der Waals surface area contributed by atoms with Gasteiger partial charge in [-0.1, -0.05) is 51.0 Å². The van der Waals surface area contributed by atoms with Crippen molar-refractivity contribution in [1.82, 2.24) is 0 Å². The summed E-state index contributed by atoms with van der Waals surface area (Å²) in [5.41, 5.74) is 2.73. The van der Waals surface area contributed by atoms with Gasteiger partial charge in [-0.05, 0) is 61.1 Å². The Morgan fingerprint density at radius 1 is 0.652 bits per heavy atom. The second-order valence-electron chi connectivity index (χ2n) is 5.78. The van der Waals surface area contributed by atoms with Crippen LogP contribution in [0.2, 0.25) is 0 Å². The Kier molecular flexibility index (Phi) is 7.97. The Balaban J connectivity index is 1.73. The van der Waals surface area contributed by atoms with Gasteiger partial charge in [0.15, 0.2) is 0 Å². The number of hydrogen-bond donors (Lipinski definition) is 0. The van der Waals surface area contributed by atoms with Crippen molar-refractivity contribution in [2.75, 3.05) is 0 Å². The second kappa shape index (κ2) is 10.3. The zero-order chi connectivity index (χ0) is 16.3. The van der Waals surface area contributed by atoms with Gasteiger partial charge in [0.2, 0.25) is 0 Å². The smallest absolute Gasteiger partial charge is 0.275 e. The van der Waals surface area contributed by atoms with E-state index in [1.54, 1.807) is 0 Å². The third kappa shape index (κ3) is 6.62. The molecule has 0 saturated heterocycles. The Hall–Kier alpha value is -1.53. The molecular weight excluding hydrogens is 303 g/mol. The summed E-state index contributed by atoms with van der Waals surface area (Å²) in [6.45, 7) is 4.43. The Labute approximate surface area is 142 Å². The van der Waals surface area contributed by atoms with E-state index in [9.17, 15) is 0 Å². The van der Waals surface area contributed by atoms with Crippen molar-refractivity contribution in [1.29, 1.82) is 0 Å². The molecule has 23 heavy (non-hydrogen) atoms. The minimum absolute atomic E-state index is 0.0174. The molecule has 0 N–H and O–H groups in total. The molecule has 3 heteroatoms. The van der Waals surface area contributed by atoms with Crippen LogP contribution in [0.25, 0.3) is 0 Å². The van der Waals surface area contributed by atoms with Crippen LogP contribution in [-0.4, -0.2) is 0 Å². The van der Waals surface area contributed by atoms with Gasteiger partial charge in [0.05, 0.1) is 0 Å². The summed E-state index contributed by atoms with van der Waals surface area (Å²) in [6, 6.07) is 16.6. The van der Waals surface area contributed by atoms with Crippen LogP contribution in [0, 0.1) is 0 Å². The molecular formula is C20H27O2P. The highest BCUT2D eigenvalue weighted by Crippen LogP contribution is 2.26. The summed E-state index contributed by atoms with van der Waals surface area (Å²) in [5, 5.41) is 0. The van der Waals surface area contributed by atoms with E-state index in [2.05, 4.69) is 38.1 Å². The average Bonchev–Trinajstić information content (AvgIpc) is 2.60. The van der Waals surface area contributed by atoms with Crippen LogP contribution in [-0.2, 0) is 12.8 Å². The van der Waals surface area contributed by atoms with Crippen molar-refractivity contribution >= 4 is 9.03 Å². The molecule has 0 heterocycles. The van der Waals surface area contributed by atoms with E-state index in [-0.39, 0.29) is 9.03 Å². The highest BCUT2D eigenvalue weighted by molar-refractivity contribution is 7.27. The molecule has 0 unspecified atom stereocenters. The van der Waals surface area contributed by atoms with Crippen LogP contribution in [0.5, 0.6) is 11.5 Å². The fourth-order valence-electron chi connectivity index (χ4n) is 2.33. The predicted octanol–water partition coefficient (Wildman–Crippen LogP) is 6.34. The van der Waals surface area contributed by atoms with Gasteiger partial charge in [0, 0.05) is 0 Å². The maximum atomic E-state index is 5.67. The van der Waals surface area contributed by atoms with Crippen LogP contribution >= 0.6 is 9.03 Å². The van der Waals surface area contributed by atoms with E-state index >= 15 is 0 Å². The molecule has 0 aliphatic rings. The standard InChI is InChI=1S/C20H27O2P/c1-3-5-7-17-9-13-19(14-10-17)21-23-22-20-15-11-18(12-16-20)8-6-4-2/h9-16,23H,3-8H2,1-2H3. The quantitative estimate of drug-likeness (QED) is 0.473. The fraction of sp³-hybridized carbons (Fsp3) is 0.400. The molecule has 0 aromatic heterocycles. The SMILES string of the molecule is CCCCc1ccc(OPOc2ccc(CCCC)cc2)cc1. The molecule has 0 amide bonds. The molecule has 0 radical (unpaired) electrons. The number of aryl methyl sites for hydroxylation is 2. The van der Waals surface area contributed by atoms with E-state index in [1.165, 1.54) is 36.8 Å². The first-order chi connectivity index (χ1) is 11.3. The van der Waals surface area contributed by atoms with Crippen LogP contribution in [0.3, 0.4) is 0 Å². The van der Waals surface area contributed by atoms with E-state index in [0.29, 0.717) is 0 Å². The molecule has 2 aromatic carbocycles. The van der Waals surface area contributed by atoms with Gasteiger partial charge in [-0.2, -0.15) is 0 Å². The molecule has 124 valence electrons. The Morgan fingerprint density at radius 3 is 1.39 bits per heavy atom. The van der Waals surface area contributed by atoms with E-state index in [4.69, 9.17) is 9.05 Å². The topological polar surface area (TPSA) is 18.5 Å². The molecule has 0 aliphatic heterocycles. The highest BCUT2D eigenvalue weighted by atomic mass is 31.1.